The molecule has 2 aromatic rings. The number of aliphatic imine (C=N–C) groups is 1. The first-order valence-corrected chi connectivity index (χ1v) is 9.54. The van der Waals surface area contributed by atoms with Gasteiger partial charge in [-0.2, -0.15) is 13.2 Å². The van der Waals surface area contributed by atoms with Gasteiger partial charge in [-0.05, 0) is 33.8 Å². The van der Waals surface area contributed by atoms with Gasteiger partial charge in [-0.15, -0.1) is 0 Å². The summed E-state index contributed by atoms with van der Waals surface area (Å²) in [5.41, 5.74) is -0.893. The Morgan fingerprint density at radius 3 is 2.48 bits per heavy atom. The highest BCUT2D eigenvalue weighted by molar-refractivity contribution is 6.10. The molecule has 0 radical (unpaired) electrons. The minimum absolute atomic E-state index is 0.00961. The number of aryl methyl sites for hydroxylation is 1. The van der Waals surface area contributed by atoms with Crippen molar-refractivity contribution in [1.82, 2.24) is 0 Å². The first-order chi connectivity index (χ1) is 14.5. The zero-order chi connectivity index (χ0) is 23.1. The van der Waals surface area contributed by atoms with E-state index >= 15 is 0 Å². The van der Waals surface area contributed by atoms with Crippen LogP contribution in [-0.4, -0.2) is 30.2 Å². The summed E-state index contributed by atoms with van der Waals surface area (Å²) in [5.74, 6) is -5.36. The molecule has 0 saturated heterocycles. The van der Waals surface area contributed by atoms with Crippen molar-refractivity contribution in [2.45, 2.75) is 39.8 Å². The summed E-state index contributed by atoms with van der Waals surface area (Å²) in [7, 11) is 0. The van der Waals surface area contributed by atoms with Gasteiger partial charge in [0.25, 0.3) is 5.78 Å². The van der Waals surface area contributed by atoms with Gasteiger partial charge in [0.15, 0.2) is 5.43 Å². The standard InChI is InChI=1S/C22H20F3NO5/c1-5-30-21(29)17-12(4)26-11(3)16(20(28)22(23,24)25)18(17)14-8-6-7-13-15(27)9-10(2)31-19(13)14/h6-9,17-18H,5H2,1-4H3. The lowest BCUT2D eigenvalue weighted by molar-refractivity contribution is -0.167. The number of nitrogens with zero attached hydrogens (tertiary/aromatic N) is 1. The zero-order valence-corrected chi connectivity index (χ0v) is 17.3. The number of ketones is 1. The Bertz CT molecular complexity index is 1190. The van der Waals surface area contributed by atoms with Crippen molar-refractivity contribution in [2.24, 2.45) is 10.9 Å². The summed E-state index contributed by atoms with van der Waals surface area (Å²) in [6.45, 7) is 5.84. The molecule has 0 N–H and O–H groups in total. The molecule has 0 fully saturated rings. The minimum Gasteiger partial charge on any atom is -0.465 e. The number of ether oxygens (including phenoxy) is 1. The van der Waals surface area contributed by atoms with Gasteiger partial charge < -0.3 is 9.15 Å². The summed E-state index contributed by atoms with van der Waals surface area (Å²) in [6, 6.07) is 5.63. The van der Waals surface area contributed by atoms with Crippen molar-refractivity contribution in [2.75, 3.05) is 6.61 Å². The van der Waals surface area contributed by atoms with Crippen molar-refractivity contribution in [3.8, 4) is 0 Å². The second-order valence-electron chi connectivity index (χ2n) is 7.23. The van der Waals surface area contributed by atoms with Crippen molar-refractivity contribution in [3.63, 3.8) is 0 Å². The number of esters is 1. The van der Waals surface area contributed by atoms with Gasteiger partial charge in [-0.3, -0.25) is 19.4 Å². The van der Waals surface area contributed by atoms with Crippen LogP contribution in [0.3, 0.4) is 0 Å². The first kappa shape index (κ1) is 22.5. The van der Waals surface area contributed by atoms with Crippen LogP contribution >= 0.6 is 0 Å². The third kappa shape index (κ3) is 4.04. The lowest BCUT2D eigenvalue weighted by atomic mass is 9.73. The third-order valence-corrected chi connectivity index (χ3v) is 5.11. The molecule has 2 unspecified atom stereocenters. The molecule has 0 aliphatic carbocycles. The molecular formula is C22H20F3NO5. The van der Waals surface area contributed by atoms with E-state index < -0.39 is 35.3 Å². The molecule has 2 atom stereocenters. The number of carbonyl (C=O) groups excluding carboxylic acids is 2. The summed E-state index contributed by atoms with van der Waals surface area (Å²) < 4.78 is 51.2. The molecule has 31 heavy (non-hydrogen) atoms. The molecule has 1 aromatic carbocycles. The van der Waals surface area contributed by atoms with Gasteiger partial charge in [0.2, 0.25) is 0 Å². The maximum absolute atomic E-state index is 13.5. The van der Waals surface area contributed by atoms with E-state index in [1.807, 2.05) is 0 Å². The number of hydrogen-bond donors (Lipinski definition) is 0. The Morgan fingerprint density at radius 1 is 1.19 bits per heavy atom. The van der Waals surface area contributed by atoms with E-state index in [0.29, 0.717) is 0 Å². The predicted octanol–water partition coefficient (Wildman–Crippen LogP) is 4.24. The van der Waals surface area contributed by atoms with Gasteiger partial charge in [-0.1, -0.05) is 12.1 Å². The number of benzene rings is 1. The number of fused-ring (bicyclic) bond motifs is 1. The molecule has 1 aliphatic rings. The fourth-order valence-corrected chi connectivity index (χ4v) is 3.92. The quantitative estimate of drug-likeness (QED) is 0.671. The van der Waals surface area contributed by atoms with E-state index in [2.05, 4.69) is 4.99 Å². The van der Waals surface area contributed by atoms with Gasteiger partial charge in [0.1, 0.15) is 17.3 Å². The van der Waals surface area contributed by atoms with Crippen LogP contribution in [0.25, 0.3) is 11.0 Å². The summed E-state index contributed by atoms with van der Waals surface area (Å²) >= 11 is 0. The smallest absolute Gasteiger partial charge is 0.454 e. The van der Waals surface area contributed by atoms with E-state index in [0.717, 1.165) is 0 Å². The average Bonchev–Trinajstić information content (AvgIpc) is 2.66. The van der Waals surface area contributed by atoms with Crippen LogP contribution in [0.5, 0.6) is 0 Å². The molecule has 6 nitrogen and oxygen atoms in total. The molecule has 1 aromatic heterocycles. The third-order valence-electron chi connectivity index (χ3n) is 5.11. The Labute approximate surface area is 175 Å². The number of rotatable bonds is 4. The molecule has 1 aliphatic heterocycles. The van der Waals surface area contributed by atoms with Crippen molar-refractivity contribution in [1.29, 1.82) is 0 Å². The number of alkyl halides is 3. The molecule has 9 heteroatoms. The van der Waals surface area contributed by atoms with E-state index in [9.17, 15) is 27.6 Å². The molecule has 164 valence electrons. The molecule has 2 heterocycles. The summed E-state index contributed by atoms with van der Waals surface area (Å²) in [4.78, 5) is 41.7. The lowest BCUT2D eigenvalue weighted by Crippen LogP contribution is -2.39. The number of halogens is 3. The number of carbonyl (C=O) groups is 2. The Kier molecular flexibility index (Phi) is 5.89. The highest BCUT2D eigenvalue weighted by Crippen LogP contribution is 2.44. The molecule has 0 spiro atoms. The molecule has 3 rings (SSSR count). The Balaban J connectivity index is 2.39. The topological polar surface area (TPSA) is 85.9 Å². The van der Waals surface area contributed by atoms with E-state index in [-0.39, 0.29) is 45.7 Å². The zero-order valence-electron chi connectivity index (χ0n) is 17.3. The summed E-state index contributed by atoms with van der Waals surface area (Å²) in [5, 5.41) is 0.127. The van der Waals surface area contributed by atoms with E-state index in [1.54, 1.807) is 6.92 Å². The molecule has 0 bridgehead atoms. The van der Waals surface area contributed by atoms with Crippen molar-refractivity contribution < 1.29 is 31.9 Å². The fraction of sp³-hybridized carbons (Fsp3) is 0.364. The maximum atomic E-state index is 13.5. The van der Waals surface area contributed by atoms with Crippen LogP contribution in [0.1, 0.15) is 38.0 Å². The first-order valence-electron chi connectivity index (χ1n) is 9.54. The number of allylic oxidation sites excluding steroid dienone is 2. The second-order valence-corrected chi connectivity index (χ2v) is 7.23. The fourth-order valence-electron chi connectivity index (χ4n) is 3.92. The monoisotopic (exact) mass is 435 g/mol. The van der Waals surface area contributed by atoms with Gasteiger partial charge in [0, 0.05) is 34.5 Å². The van der Waals surface area contributed by atoms with Crippen LogP contribution in [-0.2, 0) is 14.3 Å². The van der Waals surface area contributed by atoms with Crippen LogP contribution in [0.4, 0.5) is 13.2 Å². The highest BCUT2D eigenvalue weighted by atomic mass is 19.4. The Morgan fingerprint density at radius 2 is 1.87 bits per heavy atom. The van der Waals surface area contributed by atoms with Crippen LogP contribution in [0, 0.1) is 12.8 Å². The number of hydrogen-bond acceptors (Lipinski definition) is 6. The van der Waals surface area contributed by atoms with Gasteiger partial charge >= 0.3 is 12.1 Å². The SMILES string of the molecule is CCOC(=O)C1C(C)=NC(C)=C(C(=O)C(F)(F)F)C1c1cccc2c(=O)cc(C)oc12. The van der Waals surface area contributed by atoms with Crippen molar-refractivity contribution >= 4 is 28.4 Å². The molecule has 0 amide bonds. The van der Waals surface area contributed by atoms with E-state index in [4.69, 9.17) is 9.15 Å². The van der Waals surface area contributed by atoms with Crippen molar-refractivity contribution in [3.05, 3.63) is 57.1 Å². The molecule has 0 saturated carbocycles. The molecular weight excluding hydrogens is 415 g/mol. The van der Waals surface area contributed by atoms with Crippen LogP contribution in [0.15, 0.2) is 49.7 Å². The highest BCUT2D eigenvalue weighted by Gasteiger charge is 2.50. The Hall–Kier alpha value is -3.23. The second kappa shape index (κ2) is 8.13. The van der Waals surface area contributed by atoms with Crippen LogP contribution < -0.4 is 5.43 Å². The van der Waals surface area contributed by atoms with E-state index in [1.165, 1.54) is 45.0 Å². The maximum Gasteiger partial charge on any atom is 0.454 e. The van der Waals surface area contributed by atoms with Gasteiger partial charge in [-0.25, -0.2) is 0 Å². The largest absolute Gasteiger partial charge is 0.465 e. The lowest BCUT2D eigenvalue weighted by Gasteiger charge is -2.32. The average molecular weight is 435 g/mol. The summed E-state index contributed by atoms with van der Waals surface area (Å²) in [6.07, 6.45) is -5.18. The predicted molar refractivity (Wildman–Crippen MR) is 107 cm³/mol. The normalized spacial score (nSPS) is 19.4. The number of para-hydroxylation sites is 1. The van der Waals surface area contributed by atoms with Gasteiger partial charge in [0.05, 0.1) is 12.0 Å². The minimum atomic E-state index is -5.18. The number of Topliss-reactive ketones (excluding diaryl/α,β-unsaturated/α-hetero) is 1. The van der Waals surface area contributed by atoms with Crippen LogP contribution in [0.2, 0.25) is 0 Å².